The molecule has 0 aliphatic carbocycles. The van der Waals surface area contributed by atoms with E-state index in [2.05, 4.69) is 25.4 Å². The van der Waals surface area contributed by atoms with Gasteiger partial charge in [-0.1, -0.05) is 5.16 Å². The van der Waals surface area contributed by atoms with E-state index in [4.69, 9.17) is 10.9 Å². The number of rotatable bonds is 2. The zero-order valence-corrected chi connectivity index (χ0v) is 7.31. The van der Waals surface area contributed by atoms with Crippen molar-refractivity contribution in [3.05, 3.63) is 11.8 Å². The maximum absolute atomic E-state index is 10.8. The smallest absolute Gasteiger partial charge is 0.412 e. The molecule has 0 radical (unpaired) electrons. The van der Waals surface area contributed by atoms with Crippen LogP contribution >= 0.6 is 0 Å². The summed E-state index contributed by atoms with van der Waals surface area (Å²) in [5.41, 5.74) is 5.58. The zero-order valence-electron chi connectivity index (χ0n) is 7.31. The maximum atomic E-state index is 10.8. The molecule has 0 aromatic carbocycles. The number of hydrogen-bond acceptors (Lipinski definition) is 5. The summed E-state index contributed by atoms with van der Waals surface area (Å²) in [5.74, 6) is 0.0392. The molecule has 0 atom stereocenters. The summed E-state index contributed by atoms with van der Waals surface area (Å²) < 4.78 is 4.35. The van der Waals surface area contributed by atoms with Crippen molar-refractivity contribution in [2.75, 3.05) is 12.4 Å². The Morgan fingerprint density at radius 2 is 2.57 bits per heavy atom. The number of nitrogens with zero attached hydrogens (tertiary/aromatic N) is 2. The number of H-pyrrole nitrogens is 1. The third kappa shape index (κ3) is 1.91. The minimum atomic E-state index is -0.679. The van der Waals surface area contributed by atoms with E-state index < -0.39 is 6.09 Å². The van der Waals surface area contributed by atoms with Gasteiger partial charge in [0.1, 0.15) is 5.82 Å². The molecule has 0 aliphatic rings. The molecule has 0 fully saturated rings. The normalized spacial score (nSPS) is 11.1. The molecular formula is C6H9N5O3. The largest absolute Gasteiger partial charge is 0.453 e. The van der Waals surface area contributed by atoms with E-state index in [-0.39, 0.29) is 17.2 Å². The number of aromatic amines is 1. The second kappa shape index (κ2) is 4.12. The third-order valence-corrected chi connectivity index (χ3v) is 1.44. The predicted molar refractivity (Wildman–Crippen MR) is 47.1 cm³/mol. The van der Waals surface area contributed by atoms with Crippen LogP contribution in [0.5, 0.6) is 0 Å². The molecule has 1 aromatic heterocycles. The molecule has 0 unspecified atom stereocenters. The van der Waals surface area contributed by atoms with Crippen LogP contribution in [0.2, 0.25) is 0 Å². The Bertz CT molecular complexity index is 358. The molecule has 14 heavy (non-hydrogen) atoms. The van der Waals surface area contributed by atoms with Crippen LogP contribution in [0.15, 0.2) is 11.4 Å². The summed E-state index contributed by atoms with van der Waals surface area (Å²) in [6, 6.07) is 0. The average molecular weight is 199 g/mol. The molecule has 1 heterocycles. The number of hydrogen-bond donors (Lipinski definition) is 4. The number of nitrogens with two attached hydrogens (primary N) is 1. The highest BCUT2D eigenvalue weighted by atomic mass is 16.5. The van der Waals surface area contributed by atoms with Gasteiger partial charge < -0.3 is 15.7 Å². The lowest BCUT2D eigenvalue weighted by molar-refractivity contribution is 0.187. The first-order valence-electron chi connectivity index (χ1n) is 3.55. The first-order valence-corrected chi connectivity index (χ1v) is 3.55. The van der Waals surface area contributed by atoms with Crippen LogP contribution in [0.25, 0.3) is 0 Å². The van der Waals surface area contributed by atoms with Crippen LogP contribution in [-0.2, 0) is 4.74 Å². The van der Waals surface area contributed by atoms with Crippen molar-refractivity contribution < 1.29 is 14.7 Å². The second-order valence-corrected chi connectivity index (χ2v) is 2.26. The molecule has 0 saturated heterocycles. The van der Waals surface area contributed by atoms with Crippen molar-refractivity contribution in [3.63, 3.8) is 0 Å². The topological polar surface area (TPSA) is 126 Å². The number of nitrogens with one attached hydrogen (secondary N) is 2. The summed E-state index contributed by atoms with van der Waals surface area (Å²) in [7, 11) is 1.22. The third-order valence-electron chi connectivity index (χ3n) is 1.44. The van der Waals surface area contributed by atoms with Gasteiger partial charge in [-0.25, -0.2) is 4.79 Å². The molecule has 5 N–H and O–H groups in total. The molecule has 8 nitrogen and oxygen atoms in total. The number of anilines is 1. The number of carbonyl (C=O) groups is 1. The number of amides is 1. The number of aromatic nitrogens is 2. The molecule has 8 heteroatoms. The van der Waals surface area contributed by atoms with Crippen LogP contribution in [0.3, 0.4) is 0 Å². The SMILES string of the molecule is COC(=O)Nc1[nH]ncc1C(N)=NO. The van der Waals surface area contributed by atoms with E-state index in [1.165, 1.54) is 13.3 Å². The summed E-state index contributed by atoms with van der Waals surface area (Å²) in [4.78, 5) is 10.8. The molecule has 1 amide bonds. The van der Waals surface area contributed by atoms with E-state index in [9.17, 15) is 4.79 Å². The second-order valence-electron chi connectivity index (χ2n) is 2.26. The first kappa shape index (κ1) is 9.84. The molecule has 0 aliphatic heterocycles. The van der Waals surface area contributed by atoms with E-state index in [1.54, 1.807) is 0 Å². The van der Waals surface area contributed by atoms with Gasteiger partial charge in [-0.05, 0) is 0 Å². The highest BCUT2D eigenvalue weighted by Gasteiger charge is 2.11. The van der Waals surface area contributed by atoms with Gasteiger partial charge in [-0.3, -0.25) is 10.4 Å². The fourth-order valence-corrected chi connectivity index (χ4v) is 0.783. The van der Waals surface area contributed by atoms with Gasteiger partial charge in [0.05, 0.1) is 18.9 Å². The molecular weight excluding hydrogens is 190 g/mol. The Morgan fingerprint density at radius 1 is 1.86 bits per heavy atom. The lowest BCUT2D eigenvalue weighted by Gasteiger charge is -2.02. The number of methoxy groups -OCH3 is 1. The van der Waals surface area contributed by atoms with Crippen molar-refractivity contribution >= 4 is 17.7 Å². The Hall–Kier alpha value is -2.25. The molecule has 0 saturated carbocycles. The van der Waals surface area contributed by atoms with Gasteiger partial charge >= 0.3 is 6.09 Å². The van der Waals surface area contributed by atoms with Gasteiger partial charge in [-0.15, -0.1) is 0 Å². The number of oxime groups is 1. The lowest BCUT2D eigenvalue weighted by atomic mass is 10.3. The highest BCUT2D eigenvalue weighted by Crippen LogP contribution is 2.10. The van der Waals surface area contributed by atoms with E-state index in [1.807, 2.05) is 0 Å². The van der Waals surface area contributed by atoms with Crippen LogP contribution in [0.4, 0.5) is 10.6 Å². The van der Waals surface area contributed by atoms with Crippen molar-refractivity contribution in [3.8, 4) is 0 Å². The number of amidine groups is 1. The Morgan fingerprint density at radius 3 is 3.14 bits per heavy atom. The number of ether oxygens (including phenoxy) is 1. The first-order chi connectivity index (χ1) is 6.69. The number of carbonyl (C=O) groups excluding carboxylic acids is 1. The lowest BCUT2D eigenvalue weighted by Crippen LogP contribution is -2.18. The minimum Gasteiger partial charge on any atom is -0.453 e. The summed E-state index contributed by atoms with van der Waals surface area (Å²) in [6.45, 7) is 0. The summed E-state index contributed by atoms with van der Waals surface area (Å²) >= 11 is 0. The predicted octanol–water partition coefficient (Wildman–Crippen LogP) is -0.318. The summed E-state index contributed by atoms with van der Waals surface area (Å²) in [6.07, 6.45) is 0.626. The zero-order chi connectivity index (χ0) is 10.6. The van der Waals surface area contributed by atoms with Gasteiger partial charge in [0.2, 0.25) is 0 Å². The monoisotopic (exact) mass is 199 g/mol. The molecule has 1 aromatic rings. The molecule has 76 valence electrons. The van der Waals surface area contributed by atoms with Gasteiger partial charge in [0.25, 0.3) is 0 Å². The van der Waals surface area contributed by atoms with Crippen molar-refractivity contribution in [2.24, 2.45) is 10.9 Å². The van der Waals surface area contributed by atoms with Crippen LogP contribution in [-0.4, -0.2) is 34.4 Å². The van der Waals surface area contributed by atoms with Gasteiger partial charge in [-0.2, -0.15) is 5.10 Å². The fraction of sp³-hybridized carbons (Fsp3) is 0.167. The van der Waals surface area contributed by atoms with E-state index in [0.717, 1.165) is 0 Å². The quantitative estimate of drug-likeness (QED) is 0.225. The van der Waals surface area contributed by atoms with Crippen LogP contribution < -0.4 is 11.1 Å². The molecule has 1 rings (SSSR count). The summed E-state index contributed by atoms with van der Waals surface area (Å²) in [5, 5.41) is 19.5. The highest BCUT2D eigenvalue weighted by molar-refractivity contribution is 6.03. The van der Waals surface area contributed by atoms with Crippen LogP contribution in [0, 0.1) is 0 Å². The van der Waals surface area contributed by atoms with Gasteiger partial charge in [0, 0.05) is 0 Å². The Kier molecular flexibility index (Phi) is 2.89. The van der Waals surface area contributed by atoms with E-state index >= 15 is 0 Å². The Balaban J connectivity index is 2.88. The maximum Gasteiger partial charge on any atom is 0.412 e. The standard InChI is InChI=1S/C6H9N5O3/c1-14-6(12)9-5-3(2-8-10-5)4(7)11-13/h2,13H,1H3,(H2,7,11)(H2,8,9,10,12). The van der Waals surface area contributed by atoms with E-state index in [0.29, 0.717) is 0 Å². The molecule has 0 bridgehead atoms. The van der Waals surface area contributed by atoms with Crippen molar-refractivity contribution in [1.29, 1.82) is 0 Å². The van der Waals surface area contributed by atoms with Crippen molar-refractivity contribution in [2.45, 2.75) is 0 Å². The average Bonchev–Trinajstić information content (AvgIpc) is 2.64. The Labute approximate surface area is 78.7 Å². The van der Waals surface area contributed by atoms with Crippen LogP contribution in [0.1, 0.15) is 5.56 Å². The van der Waals surface area contributed by atoms with Gasteiger partial charge in [0.15, 0.2) is 5.84 Å². The minimum absolute atomic E-state index is 0.162. The van der Waals surface area contributed by atoms with Crippen molar-refractivity contribution in [1.82, 2.24) is 10.2 Å². The molecule has 0 spiro atoms. The fourth-order valence-electron chi connectivity index (χ4n) is 0.783.